The van der Waals surface area contributed by atoms with Gasteiger partial charge in [-0.3, -0.25) is 19.5 Å². The molecule has 4 rings (SSSR count). The molecule has 1 fully saturated rings. The van der Waals surface area contributed by atoms with E-state index in [1.54, 1.807) is 24.2 Å². The summed E-state index contributed by atoms with van der Waals surface area (Å²) in [5, 5.41) is 14.7. The number of carboxylic acid groups (broad SMARTS) is 1. The number of nitrogen functional groups attached to an aromatic ring is 1. The summed E-state index contributed by atoms with van der Waals surface area (Å²) in [6, 6.07) is 3.77. The smallest absolute Gasteiger partial charge is 0.353 e. The van der Waals surface area contributed by atoms with E-state index in [4.69, 9.17) is 11.5 Å². The first-order valence-electron chi connectivity index (χ1n) is 11.0. The molecule has 3 atom stereocenters. The van der Waals surface area contributed by atoms with Crippen molar-refractivity contribution in [3.63, 3.8) is 0 Å². The lowest BCUT2D eigenvalue weighted by molar-refractivity contribution is -0.150. The predicted molar refractivity (Wildman–Crippen MR) is 142 cm³/mol. The van der Waals surface area contributed by atoms with E-state index in [2.05, 4.69) is 20.5 Å². The quantitative estimate of drug-likeness (QED) is 0.176. The molecule has 15 heteroatoms. The molecular weight excluding hydrogens is 538 g/mol. The molecule has 0 spiro atoms. The van der Waals surface area contributed by atoms with E-state index in [-0.39, 0.29) is 17.2 Å². The van der Waals surface area contributed by atoms with Gasteiger partial charge in [0.1, 0.15) is 22.9 Å². The number of carbonyl (C=O) groups is 3. The number of aromatic nitrogens is 2. The summed E-state index contributed by atoms with van der Waals surface area (Å²) in [5.74, 6) is -0.757. The number of nitroso groups, excluding NO2 is 1. The summed E-state index contributed by atoms with van der Waals surface area (Å²) in [7, 11) is 0. The molecule has 2 amide bonds. The van der Waals surface area contributed by atoms with Crippen LogP contribution in [0.5, 0.6) is 0 Å². The van der Waals surface area contributed by atoms with Crippen molar-refractivity contribution in [2.45, 2.75) is 28.1 Å². The van der Waals surface area contributed by atoms with Gasteiger partial charge in [-0.25, -0.2) is 9.78 Å². The Morgan fingerprint density at radius 1 is 1.35 bits per heavy atom. The molecule has 2 aromatic rings. The van der Waals surface area contributed by atoms with Crippen molar-refractivity contribution in [2.24, 2.45) is 10.9 Å². The van der Waals surface area contributed by atoms with Gasteiger partial charge in [0.05, 0.1) is 5.69 Å². The Kier molecular flexibility index (Phi) is 8.68. The third-order valence-electron chi connectivity index (χ3n) is 5.47. The number of nitrogens with two attached hydrogens (primary N) is 2. The minimum atomic E-state index is -1.50. The van der Waals surface area contributed by atoms with Gasteiger partial charge in [0, 0.05) is 46.0 Å². The van der Waals surface area contributed by atoms with E-state index in [0.29, 0.717) is 23.0 Å². The van der Waals surface area contributed by atoms with Crippen LogP contribution in [0.25, 0.3) is 0 Å². The SMILES string of the molecule is NCCSCc1cnccc1SC1=C(C(=O)O)N2C(=O)[C@@H](NC(=O)C(N=O)c3cccc(N)n3)[C@@H]2SC1. The average Bonchev–Trinajstić information content (AvgIpc) is 2.88. The fourth-order valence-electron chi connectivity index (χ4n) is 3.78. The molecule has 194 valence electrons. The Labute approximate surface area is 224 Å². The first-order valence-corrected chi connectivity index (χ1v) is 14.0. The second kappa shape index (κ2) is 11.9. The van der Waals surface area contributed by atoms with Crippen LogP contribution in [0.1, 0.15) is 17.3 Å². The molecule has 0 bridgehead atoms. The number of carbonyl (C=O) groups excluding carboxylic acids is 2. The number of nitrogens with zero attached hydrogens (tertiary/aromatic N) is 4. The van der Waals surface area contributed by atoms with E-state index in [9.17, 15) is 24.4 Å². The number of aliphatic carboxylic acids is 1. The maximum absolute atomic E-state index is 13.0. The van der Waals surface area contributed by atoms with Gasteiger partial charge in [0.25, 0.3) is 11.8 Å². The monoisotopic (exact) mass is 561 g/mol. The molecule has 0 aliphatic carbocycles. The molecule has 2 aromatic heterocycles. The van der Waals surface area contributed by atoms with Crippen LogP contribution in [0.3, 0.4) is 0 Å². The van der Waals surface area contributed by atoms with Gasteiger partial charge in [-0.1, -0.05) is 17.8 Å². The van der Waals surface area contributed by atoms with Gasteiger partial charge < -0.3 is 21.9 Å². The largest absolute Gasteiger partial charge is 0.477 e. The highest BCUT2D eigenvalue weighted by Crippen LogP contribution is 2.46. The van der Waals surface area contributed by atoms with Crippen LogP contribution in [0.4, 0.5) is 5.82 Å². The predicted octanol–water partition coefficient (Wildman–Crippen LogP) is 1.55. The number of hydrogen-bond acceptors (Lipinski definition) is 12. The number of nitrogens with one attached hydrogen (secondary N) is 1. The highest BCUT2D eigenvalue weighted by molar-refractivity contribution is 8.06. The highest BCUT2D eigenvalue weighted by atomic mass is 32.2. The van der Waals surface area contributed by atoms with Gasteiger partial charge in [0.2, 0.25) is 6.04 Å². The van der Waals surface area contributed by atoms with Gasteiger partial charge in [0.15, 0.2) is 0 Å². The summed E-state index contributed by atoms with van der Waals surface area (Å²) in [5.41, 5.74) is 12.1. The number of amides is 2. The third kappa shape index (κ3) is 5.74. The second-order valence-corrected chi connectivity index (χ2v) is 11.2. The highest BCUT2D eigenvalue weighted by Gasteiger charge is 2.54. The molecule has 4 heterocycles. The van der Waals surface area contributed by atoms with Crippen molar-refractivity contribution in [1.82, 2.24) is 20.2 Å². The molecule has 2 aliphatic heterocycles. The zero-order valence-electron chi connectivity index (χ0n) is 19.3. The zero-order chi connectivity index (χ0) is 26.5. The summed E-state index contributed by atoms with van der Waals surface area (Å²) < 4.78 is 0. The number of pyridine rings is 2. The van der Waals surface area contributed by atoms with E-state index in [1.807, 2.05) is 6.07 Å². The summed E-state index contributed by atoms with van der Waals surface area (Å²) >= 11 is 4.26. The number of thioether (sulfide) groups is 3. The lowest BCUT2D eigenvalue weighted by Gasteiger charge is -2.49. The molecule has 6 N–H and O–H groups in total. The number of anilines is 1. The molecule has 2 aliphatic rings. The number of β-lactam (4-membered cyclic amide) rings is 1. The number of rotatable bonds is 11. The topological polar surface area (TPSA) is 194 Å². The van der Waals surface area contributed by atoms with E-state index in [1.165, 1.54) is 46.6 Å². The van der Waals surface area contributed by atoms with Crippen molar-refractivity contribution < 1.29 is 19.5 Å². The maximum Gasteiger partial charge on any atom is 0.353 e. The standard InChI is InChI=1S/C22H23N7O5S3/c23-5-7-35-9-11-8-25-6-4-13(11)37-14-10-36-21-17(20(31)29(21)18(14)22(32)33)27-19(30)16(28-34)12-2-1-3-15(24)26-12/h1-4,6,8,16-17,21H,5,7,9-10,23H2,(H2,24,26)(H,27,30)(H,32,33)/t16?,17-,21+/m1/s1. The molecule has 1 saturated heterocycles. The molecule has 0 radical (unpaired) electrons. The van der Waals surface area contributed by atoms with Crippen molar-refractivity contribution in [3.8, 4) is 0 Å². The minimum absolute atomic E-state index is 0.0509. The maximum atomic E-state index is 13.0. The van der Waals surface area contributed by atoms with Crippen molar-refractivity contribution in [3.05, 3.63) is 63.4 Å². The Hall–Kier alpha value is -3.14. The lowest BCUT2D eigenvalue weighted by atomic mass is 10.0. The van der Waals surface area contributed by atoms with Crippen LogP contribution in [0.15, 0.2) is 57.3 Å². The normalized spacial score (nSPS) is 19.6. The number of fused-ring (bicyclic) bond motifs is 1. The summed E-state index contributed by atoms with van der Waals surface area (Å²) in [4.78, 5) is 60.0. The summed E-state index contributed by atoms with van der Waals surface area (Å²) in [6.45, 7) is 0.550. The third-order valence-corrected chi connectivity index (χ3v) is 9.18. The van der Waals surface area contributed by atoms with Crippen LogP contribution in [-0.2, 0) is 20.1 Å². The second-order valence-electron chi connectivity index (χ2n) is 7.89. The Bertz CT molecular complexity index is 1260. The Balaban J connectivity index is 1.51. The Morgan fingerprint density at radius 2 is 2.16 bits per heavy atom. The lowest BCUT2D eigenvalue weighted by Crippen LogP contribution is -2.70. The average molecular weight is 562 g/mol. The molecular formula is C22H23N7O5S3. The molecule has 37 heavy (non-hydrogen) atoms. The number of carboxylic acids is 1. The van der Waals surface area contributed by atoms with Gasteiger partial charge in [-0.15, -0.1) is 16.7 Å². The van der Waals surface area contributed by atoms with Crippen LogP contribution >= 0.6 is 35.3 Å². The molecule has 12 nitrogen and oxygen atoms in total. The minimum Gasteiger partial charge on any atom is -0.477 e. The van der Waals surface area contributed by atoms with Gasteiger partial charge >= 0.3 is 5.97 Å². The van der Waals surface area contributed by atoms with Crippen molar-refractivity contribution in [2.75, 3.05) is 23.8 Å². The molecule has 0 saturated carbocycles. The van der Waals surface area contributed by atoms with Crippen molar-refractivity contribution >= 4 is 58.9 Å². The van der Waals surface area contributed by atoms with Crippen LogP contribution < -0.4 is 16.8 Å². The van der Waals surface area contributed by atoms with Gasteiger partial charge in [-0.05, 0) is 28.9 Å². The zero-order valence-corrected chi connectivity index (χ0v) is 21.7. The first kappa shape index (κ1) is 26.9. The van der Waals surface area contributed by atoms with Gasteiger partial charge in [-0.2, -0.15) is 11.8 Å². The van der Waals surface area contributed by atoms with Crippen LogP contribution in [-0.4, -0.2) is 67.2 Å². The van der Waals surface area contributed by atoms with Crippen LogP contribution in [0.2, 0.25) is 0 Å². The molecule has 1 unspecified atom stereocenters. The number of hydrogen-bond donors (Lipinski definition) is 4. The van der Waals surface area contributed by atoms with Crippen molar-refractivity contribution in [1.29, 1.82) is 0 Å². The van der Waals surface area contributed by atoms with E-state index >= 15 is 0 Å². The fraction of sp³-hybridized carbons (Fsp3) is 0.318. The van der Waals surface area contributed by atoms with Crippen LogP contribution in [0, 0.1) is 4.91 Å². The first-order chi connectivity index (χ1) is 17.8. The fourth-order valence-corrected chi connectivity index (χ4v) is 7.20. The Morgan fingerprint density at radius 3 is 2.86 bits per heavy atom. The molecule has 0 aromatic carbocycles. The van der Waals surface area contributed by atoms with E-state index < -0.39 is 35.2 Å². The summed E-state index contributed by atoms with van der Waals surface area (Å²) in [6.07, 6.45) is 3.37. The van der Waals surface area contributed by atoms with E-state index in [0.717, 1.165) is 16.2 Å².